The van der Waals surface area contributed by atoms with Crippen molar-refractivity contribution in [3.63, 3.8) is 0 Å². The van der Waals surface area contributed by atoms with Gasteiger partial charge < -0.3 is 5.11 Å². The van der Waals surface area contributed by atoms with Crippen molar-refractivity contribution in [3.05, 3.63) is 0 Å². The second-order valence-corrected chi connectivity index (χ2v) is 4.50. The van der Waals surface area contributed by atoms with Gasteiger partial charge >= 0.3 is 0 Å². The average molecular weight is 168 g/mol. The molecule has 1 N–H and O–H groups in total. The highest BCUT2D eigenvalue weighted by atomic mass is 16.3. The number of hydrogen-bond acceptors (Lipinski definition) is 2. The van der Waals surface area contributed by atoms with Gasteiger partial charge in [-0.15, -0.1) is 0 Å². The third-order valence-electron chi connectivity index (χ3n) is 3.81. The molecule has 2 aliphatic rings. The Morgan fingerprint density at radius 3 is 3.00 bits per heavy atom. The standard InChI is InChI=1S/C10H16O2/c1-10-5-4-8(11)6-7(10)2-3-9(10)12/h7-8,11H,2-6H2,1H3/t7-,8-,10?/m1/s1. The van der Waals surface area contributed by atoms with E-state index in [4.69, 9.17) is 0 Å². The maximum atomic E-state index is 11.6. The molecule has 2 fully saturated rings. The molecule has 68 valence electrons. The van der Waals surface area contributed by atoms with Gasteiger partial charge in [0.05, 0.1) is 6.10 Å². The molecule has 2 aliphatic carbocycles. The zero-order valence-electron chi connectivity index (χ0n) is 7.55. The Bertz CT molecular complexity index is 212. The van der Waals surface area contributed by atoms with Gasteiger partial charge in [0.2, 0.25) is 0 Å². The number of carbonyl (C=O) groups is 1. The fourth-order valence-corrected chi connectivity index (χ4v) is 2.77. The van der Waals surface area contributed by atoms with Gasteiger partial charge in [-0.1, -0.05) is 6.92 Å². The maximum Gasteiger partial charge on any atom is 0.139 e. The molecular weight excluding hydrogens is 152 g/mol. The molecule has 0 heterocycles. The highest BCUT2D eigenvalue weighted by Crippen LogP contribution is 2.49. The van der Waals surface area contributed by atoms with E-state index in [-0.39, 0.29) is 11.5 Å². The Kier molecular flexibility index (Phi) is 1.76. The van der Waals surface area contributed by atoms with Crippen LogP contribution < -0.4 is 0 Å². The van der Waals surface area contributed by atoms with E-state index in [1.54, 1.807) is 0 Å². The fraction of sp³-hybridized carbons (Fsp3) is 0.900. The van der Waals surface area contributed by atoms with E-state index in [1.165, 1.54) is 0 Å². The predicted octanol–water partition coefficient (Wildman–Crippen LogP) is 1.52. The number of carbonyl (C=O) groups excluding carboxylic acids is 1. The van der Waals surface area contributed by atoms with E-state index < -0.39 is 0 Å². The molecule has 2 saturated carbocycles. The van der Waals surface area contributed by atoms with Crippen molar-refractivity contribution in [2.45, 2.75) is 45.1 Å². The van der Waals surface area contributed by atoms with Crippen LogP contribution in [0.2, 0.25) is 0 Å². The molecule has 12 heavy (non-hydrogen) atoms. The molecule has 0 aromatic heterocycles. The first kappa shape index (κ1) is 8.24. The maximum absolute atomic E-state index is 11.6. The summed E-state index contributed by atoms with van der Waals surface area (Å²) in [6.07, 6.45) is 4.17. The number of ketones is 1. The van der Waals surface area contributed by atoms with Gasteiger partial charge in [0, 0.05) is 11.8 Å². The molecule has 2 heteroatoms. The zero-order valence-corrected chi connectivity index (χ0v) is 7.55. The minimum absolute atomic E-state index is 0.0702. The second kappa shape index (κ2) is 2.56. The highest BCUT2D eigenvalue weighted by Gasteiger charge is 2.48. The van der Waals surface area contributed by atoms with Crippen LogP contribution in [-0.4, -0.2) is 17.0 Å². The van der Waals surface area contributed by atoms with Gasteiger partial charge in [0.15, 0.2) is 0 Å². The Labute approximate surface area is 73.0 Å². The summed E-state index contributed by atoms with van der Waals surface area (Å²) >= 11 is 0. The quantitative estimate of drug-likeness (QED) is 0.595. The summed E-state index contributed by atoms with van der Waals surface area (Å²) in [5, 5.41) is 9.45. The van der Waals surface area contributed by atoms with Crippen LogP contribution in [0.15, 0.2) is 0 Å². The minimum Gasteiger partial charge on any atom is -0.393 e. The van der Waals surface area contributed by atoms with Crippen LogP contribution in [0.5, 0.6) is 0 Å². The molecule has 2 nitrogen and oxygen atoms in total. The topological polar surface area (TPSA) is 37.3 Å². The molecule has 3 atom stereocenters. The van der Waals surface area contributed by atoms with Crippen molar-refractivity contribution in [2.24, 2.45) is 11.3 Å². The van der Waals surface area contributed by atoms with E-state index >= 15 is 0 Å². The Balaban J connectivity index is 2.19. The van der Waals surface area contributed by atoms with E-state index in [1.807, 2.05) is 0 Å². The number of fused-ring (bicyclic) bond motifs is 1. The molecular formula is C10H16O2. The number of rotatable bonds is 0. The van der Waals surface area contributed by atoms with Crippen molar-refractivity contribution in [1.82, 2.24) is 0 Å². The first-order valence-corrected chi connectivity index (χ1v) is 4.84. The summed E-state index contributed by atoms with van der Waals surface area (Å²) in [6, 6.07) is 0. The van der Waals surface area contributed by atoms with Gasteiger partial charge in [-0.2, -0.15) is 0 Å². The Morgan fingerprint density at radius 1 is 1.50 bits per heavy atom. The average Bonchev–Trinajstić information content (AvgIpc) is 2.31. The van der Waals surface area contributed by atoms with Gasteiger partial charge in [-0.3, -0.25) is 4.79 Å². The van der Waals surface area contributed by atoms with Crippen molar-refractivity contribution in [1.29, 1.82) is 0 Å². The van der Waals surface area contributed by atoms with E-state index in [2.05, 4.69) is 6.92 Å². The van der Waals surface area contributed by atoms with Crippen molar-refractivity contribution in [2.75, 3.05) is 0 Å². The number of hydrogen-bond donors (Lipinski definition) is 1. The monoisotopic (exact) mass is 168 g/mol. The molecule has 0 aliphatic heterocycles. The molecule has 0 aromatic rings. The van der Waals surface area contributed by atoms with Crippen LogP contribution in [0, 0.1) is 11.3 Å². The van der Waals surface area contributed by atoms with Crippen LogP contribution in [0.1, 0.15) is 39.0 Å². The molecule has 0 saturated heterocycles. The second-order valence-electron chi connectivity index (χ2n) is 4.50. The molecule has 2 rings (SSSR count). The van der Waals surface area contributed by atoms with E-state index in [9.17, 15) is 9.90 Å². The molecule has 0 spiro atoms. The van der Waals surface area contributed by atoms with Crippen LogP contribution in [0.3, 0.4) is 0 Å². The van der Waals surface area contributed by atoms with Gasteiger partial charge in [0.1, 0.15) is 5.78 Å². The third kappa shape index (κ3) is 1.01. The van der Waals surface area contributed by atoms with Crippen molar-refractivity contribution in [3.8, 4) is 0 Å². The van der Waals surface area contributed by atoms with Gasteiger partial charge in [-0.25, -0.2) is 0 Å². The first-order chi connectivity index (χ1) is 5.63. The number of aliphatic hydroxyl groups excluding tert-OH is 1. The zero-order chi connectivity index (χ0) is 8.77. The largest absolute Gasteiger partial charge is 0.393 e. The van der Waals surface area contributed by atoms with Crippen molar-refractivity contribution < 1.29 is 9.90 Å². The normalized spacial score (nSPS) is 47.7. The summed E-state index contributed by atoms with van der Waals surface area (Å²) in [7, 11) is 0. The van der Waals surface area contributed by atoms with Crippen LogP contribution >= 0.6 is 0 Å². The Morgan fingerprint density at radius 2 is 2.25 bits per heavy atom. The first-order valence-electron chi connectivity index (χ1n) is 4.84. The lowest BCUT2D eigenvalue weighted by molar-refractivity contribution is -0.128. The van der Waals surface area contributed by atoms with E-state index in [0.717, 1.165) is 32.1 Å². The smallest absolute Gasteiger partial charge is 0.139 e. The summed E-state index contributed by atoms with van der Waals surface area (Å²) in [5.41, 5.74) is -0.0702. The van der Waals surface area contributed by atoms with Crippen LogP contribution in [0.4, 0.5) is 0 Å². The summed E-state index contributed by atoms with van der Waals surface area (Å²) in [6.45, 7) is 2.08. The SMILES string of the molecule is CC12CC[C@@H](O)C[C@H]1CCC2=O. The third-order valence-corrected chi connectivity index (χ3v) is 3.81. The van der Waals surface area contributed by atoms with Gasteiger partial charge in [0.25, 0.3) is 0 Å². The molecule has 0 radical (unpaired) electrons. The molecule has 1 unspecified atom stereocenters. The summed E-state index contributed by atoms with van der Waals surface area (Å²) in [5.74, 6) is 0.896. The Hall–Kier alpha value is -0.370. The lowest BCUT2D eigenvalue weighted by Crippen LogP contribution is -2.36. The number of Topliss-reactive ketones (excluding diaryl/α,β-unsaturated/α-hetero) is 1. The molecule has 0 bridgehead atoms. The predicted molar refractivity (Wildman–Crippen MR) is 45.7 cm³/mol. The lowest BCUT2D eigenvalue weighted by atomic mass is 9.68. The molecule has 0 amide bonds. The van der Waals surface area contributed by atoms with E-state index in [0.29, 0.717) is 11.7 Å². The highest BCUT2D eigenvalue weighted by molar-refractivity contribution is 5.87. The number of aliphatic hydroxyl groups is 1. The minimum atomic E-state index is -0.144. The fourth-order valence-electron chi connectivity index (χ4n) is 2.77. The molecule has 0 aromatic carbocycles. The van der Waals surface area contributed by atoms with Crippen molar-refractivity contribution >= 4 is 5.78 Å². The summed E-state index contributed by atoms with van der Waals surface area (Å²) in [4.78, 5) is 11.6. The van der Waals surface area contributed by atoms with Crippen LogP contribution in [0.25, 0.3) is 0 Å². The van der Waals surface area contributed by atoms with Gasteiger partial charge in [-0.05, 0) is 31.6 Å². The van der Waals surface area contributed by atoms with Crippen LogP contribution in [-0.2, 0) is 4.79 Å². The summed E-state index contributed by atoms with van der Waals surface area (Å²) < 4.78 is 0. The lowest BCUT2D eigenvalue weighted by Gasteiger charge is -2.36.